The Morgan fingerprint density at radius 1 is 1.00 bits per heavy atom. The van der Waals surface area contributed by atoms with Crippen LogP contribution < -0.4 is 5.32 Å². The predicted octanol–water partition coefficient (Wildman–Crippen LogP) is 2.86. The van der Waals surface area contributed by atoms with Gasteiger partial charge >= 0.3 is 6.09 Å². The lowest BCUT2D eigenvalue weighted by Gasteiger charge is -2.37. The number of nitrogens with zero attached hydrogens (tertiary/aromatic N) is 2. The molecule has 2 aromatic heterocycles. The molecule has 3 N–H and O–H groups in total. The number of halogens is 1. The fourth-order valence-electron chi connectivity index (χ4n) is 2.88. The van der Waals surface area contributed by atoms with Gasteiger partial charge in [0, 0.05) is 35.9 Å². The van der Waals surface area contributed by atoms with E-state index in [1.54, 1.807) is 36.7 Å². The van der Waals surface area contributed by atoms with Crippen LogP contribution in [0.5, 0.6) is 0 Å². The minimum Gasteiger partial charge on any atom is -0.465 e. The summed E-state index contributed by atoms with van der Waals surface area (Å²) in [4.78, 5) is 19.5. The Balaban J connectivity index is 2.22. The highest BCUT2D eigenvalue weighted by molar-refractivity contribution is 5.66. The fraction of sp³-hybridized carbons (Fsp3) is 0.105. The molecule has 0 saturated heterocycles. The number of benzene rings is 1. The minimum atomic E-state index is -1.81. The molecular formula is C19H16FN3O3. The molecule has 1 atom stereocenters. The molecule has 0 radical (unpaired) electrons. The first kappa shape index (κ1) is 17.5. The van der Waals surface area contributed by atoms with E-state index in [0.717, 1.165) is 0 Å². The van der Waals surface area contributed by atoms with Crippen LogP contribution in [0.2, 0.25) is 0 Å². The summed E-state index contributed by atoms with van der Waals surface area (Å²) < 4.78 is 13.3. The zero-order valence-electron chi connectivity index (χ0n) is 13.6. The maximum atomic E-state index is 13.3. The Kier molecular flexibility index (Phi) is 4.90. The van der Waals surface area contributed by atoms with Crippen LogP contribution in [0.25, 0.3) is 0 Å². The first-order valence-electron chi connectivity index (χ1n) is 7.80. The van der Waals surface area contributed by atoms with Crippen molar-refractivity contribution in [2.24, 2.45) is 0 Å². The molecule has 0 aliphatic rings. The van der Waals surface area contributed by atoms with Crippen LogP contribution in [0.1, 0.15) is 22.7 Å². The van der Waals surface area contributed by atoms with Crippen LogP contribution in [0.4, 0.5) is 9.18 Å². The number of amides is 1. The van der Waals surface area contributed by atoms with Crippen LogP contribution in [0.15, 0.2) is 73.3 Å². The summed E-state index contributed by atoms with van der Waals surface area (Å²) in [5, 5.41) is 23.4. The lowest BCUT2D eigenvalue weighted by atomic mass is 9.78. The molecule has 26 heavy (non-hydrogen) atoms. The van der Waals surface area contributed by atoms with Gasteiger partial charge in [0.2, 0.25) is 0 Å². The summed E-state index contributed by atoms with van der Waals surface area (Å²) in [5.74, 6) is -0.464. The smallest absolute Gasteiger partial charge is 0.405 e. The molecule has 0 saturated carbocycles. The van der Waals surface area contributed by atoms with Crippen molar-refractivity contribution < 1.29 is 19.4 Å². The molecule has 1 amide bonds. The monoisotopic (exact) mass is 353 g/mol. The number of carbonyl (C=O) groups is 1. The quantitative estimate of drug-likeness (QED) is 0.656. The third-order valence-corrected chi connectivity index (χ3v) is 4.09. The average Bonchev–Trinajstić information content (AvgIpc) is 2.67. The summed E-state index contributed by atoms with van der Waals surface area (Å²) >= 11 is 0. The van der Waals surface area contributed by atoms with Gasteiger partial charge < -0.3 is 15.5 Å². The summed E-state index contributed by atoms with van der Waals surface area (Å²) in [7, 11) is 0. The first-order chi connectivity index (χ1) is 12.5. The van der Waals surface area contributed by atoms with Crippen LogP contribution in [-0.2, 0) is 5.60 Å². The van der Waals surface area contributed by atoms with Crippen LogP contribution >= 0.6 is 0 Å². The molecule has 7 heteroatoms. The molecule has 0 fully saturated rings. The van der Waals surface area contributed by atoms with Crippen molar-refractivity contribution in [1.82, 2.24) is 15.3 Å². The molecule has 6 nitrogen and oxygen atoms in total. The standard InChI is InChI=1S/C19H16FN3O3/c20-16-7-5-13(6-8-16)17(23-18(24)25)19(26,14-3-1-9-21-11-14)15-4-2-10-22-12-15/h1-12,17,23,26H,(H,24,25)/t17-/m1/s1. The molecule has 0 bridgehead atoms. The number of carboxylic acid groups (broad SMARTS) is 1. The Labute approximate surface area is 149 Å². The zero-order chi connectivity index (χ0) is 18.6. The first-order valence-corrected chi connectivity index (χ1v) is 7.80. The molecule has 2 heterocycles. The van der Waals surface area contributed by atoms with E-state index in [-0.39, 0.29) is 0 Å². The van der Waals surface area contributed by atoms with E-state index in [4.69, 9.17) is 0 Å². The largest absolute Gasteiger partial charge is 0.465 e. The van der Waals surface area contributed by atoms with Crippen molar-refractivity contribution in [3.8, 4) is 0 Å². The van der Waals surface area contributed by atoms with Gasteiger partial charge in [-0.3, -0.25) is 9.97 Å². The van der Waals surface area contributed by atoms with Crippen molar-refractivity contribution >= 4 is 6.09 Å². The van der Waals surface area contributed by atoms with E-state index in [2.05, 4.69) is 15.3 Å². The van der Waals surface area contributed by atoms with Gasteiger partial charge in [0.25, 0.3) is 0 Å². The molecule has 0 aliphatic carbocycles. The summed E-state index contributed by atoms with van der Waals surface area (Å²) in [6, 6.07) is 10.7. The second-order valence-electron chi connectivity index (χ2n) is 5.68. The number of pyridine rings is 2. The fourth-order valence-corrected chi connectivity index (χ4v) is 2.88. The van der Waals surface area contributed by atoms with Gasteiger partial charge in [0.1, 0.15) is 11.4 Å². The summed E-state index contributed by atoms with van der Waals surface area (Å²) in [5.41, 5.74) is -0.671. The highest BCUT2D eigenvalue weighted by Gasteiger charge is 2.43. The second kappa shape index (κ2) is 7.28. The van der Waals surface area contributed by atoms with E-state index < -0.39 is 23.6 Å². The topological polar surface area (TPSA) is 95.3 Å². The number of rotatable bonds is 5. The Bertz CT molecular complexity index is 834. The Morgan fingerprint density at radius 3 is 1.96 bits per heavy atom. The molecule has 1 aromatic carbocycles. The predicted molar refractivity (Wildman–Crippen MR) is 91.8 cm³/mol. The van der Waals surface area contributed by atoms with Crippen LogP contribution in [0, 0.1) is 5.82 Å². The Morgan fingerprint density at radius 2 is 1.54 bits per heavy atom. The highest BCUT2D eigenvalue weighted by atomic mass is 19.1. The van der Waals surface area contributed by atoms with Crippen molar-refractivity contribution in [1.29, 1.82) is 0 Å². The van der Waals surface area contributed by atoms with Gasteiger partial charge in [0.05, 0.1) is 6.04 Å². The van der Waals surface area contributed by atoms with Gasteiger partial charge in [-0.2, -0.15) is 0 Å². The molecule has 0 spiro atoms. The molecule has 3 rings (SSSR count). The van der Waals surface area contributed by atoms with Gasteiger partial charge in [0.15, 0.2) is 0 Å². The maximum Gasteiger partial charge on any atom is 0.405 e. The second-order valence-corrected chi connectivity index (χ2v) is 5.68. The minimum absolute atomic E-state index is 0.371. The third-order valence-electron chi connectivity index (χ3n) is 4.09. The van der Waals surface area contributed by atoms with Gasteiger partial charge in [-0.25, -0.2) is 9.18 Å². The Hall–Kier alpha value is -3.32. The van der Waals surface area contributed by atoms with Crippen molar-refractivity contribution in [2.45, 2.75) is 11.6 Å². The molecule has 132 valence electrons. The zero-order valence-corrected chi connectivity index (χ0v) is 13.6. The number of hydrogen-bond acceptors (Lipinski definition) is 4. The lowest BCUT2D eigenvalue weighted by Crippen LogP contribution is -2.44. The number of aromatic nitrogens is 2. The summed E-state index contributed by atoms with van der Waals surface area (Å²) in [6.45, 7) is 0. The van der Waals surface area contributed by atoms with Gasteiger partial charge in [-0.15, -0.1) is 0 Å². The lowest BCUT2D eigenvalue weighted by molar-refractivity contribution is 0.0359. The van der Waals surface area contributed by atoms with Crippen molar-refractivity contribution in [2.75, 3.05) is 0 Å². The van der Waals surface area contributed by atoms with E-state index in [9.17, 15) is 19.4 Å². The van der Waals surface area contributed by atoms with Crippen LogP contribution in [-0.4, -0.2) is 26.3 Å². The van der Waals surface area contributed by atoms with Crippen molar-refractivity contribution in [3.63, 3.8) is 0 Å². The normalized spacial score (nSPS) is 12.4. The van der Waals surface area contributed by atoms with Gasteiger partial charge in [-0.05, 0) is 29.8 Å². The molecule has 0 aliphatic heterocycles. The van der Waals surface area contributed by atoms with Crippen molar-refractivity contribution in [3.05, 3.63) is 95.8 Å². The molecule has 0 unspecified atom stereocenters. The number of nitrogens with one attached hydrogen (secondary N) is 1. The van der Waals surface area contributed by atoms with E-state index in [1.807, 2.05) is 0 Å². The van der Waals surface area contributed by atoms with E-state index in [0.29, 0.717) is 16.7 Å². The summed E-state index contributed by atoms with van der Waals surface area (Å²) in [6.07, 6.45) is 4.67. The highest BCUT2D eigenvalue weighted by Crippen LogP contribution is 2.40. The van der Waals surface area contributed by atoms with E-state index in [1.165, 1.54) is 36.7 Å². The molecule has 3 aromatic rings. The third kappa shape index (κ3) is 3.38. The van der Waals surface area contributed by atoms with Gasteiger partial charge in [-0.1, -0.05) is 24.3 Å². The number of aliphatic hydroxyl groups is 1. The average molecular weight is 353 g/mol. The SMILES string of the molecule is O=C(O)N[C@H](c1ccc(F)cc1)C(O)(c1cccnc1)c1cccnc1. The maximum absolute atomic E-state index is 13.3. The number of hydrogen-bond donors (Lipinski definition) is 3. The van der Waals surface area contributed by atoms with E-state index >= 15 is 0 Å². The molecular weight excluding hydrogens is 337 g/mol. The van der Waals surface area contributed by atoms with Crippen LogP contribution in [0.3, 0.4) is 0 Å².